The SMILES string of the molecule is Cc1ccc(Cl)cc1S(=O)(=O)NCc1nn[nH]n1. The van der Waals surface area contributed by atoms with Crippen LogP contribution in [-0.4, -0.2) is 29.0 Å². The van der Waals surface area contributed by atoms with Crippen molar-refractivity contribution >= 4 is 21.6 Å². The van der Waals surface area contributed by atoms with Crippen LogP contribution in [0.1, 0.15) is 11.4 Å². The van der Waals surface area contributed by atoms with Gasteiger partial charge in [0.05, 0.1) is 11.4 Å². The van der Waals surface area contributed by atoms with E-state index in [0.717, 1.165) is 0 Å². The minimum atomic E-state index is -3.65. The lowest BCUT2D eigenvalue weighted by molar-refractivity contribution is 0.578. The van der Waals surface area contributed by atoms with Crippen molar-refractivity contribution in [2.75, 3.05) is 0 Å². The monoisotopic (exact) mass is 287 g/mol. The second kappa shape index (κ2) is 5.01. The molecule has 0 aliphatic rings. The first-order chi connectivity index (χ1) is 8.49. The number of benzene rings is 1. The van der Waals surface area contributed by atoms with Crippen LogP contribution in [0, 0.1) is 6.92 Å². The maximum Gasteiger partial charge on any atom is 0.241 e. The molecular formula is C9H10ClN5O2S. The molecule has 0 unspecified atom stereocenters. The van der Waals surface area contributed by atoms with Gasteiger partial charge in [0.1, 0.15) is 0 Å². The van der Waals surface area contributed by atoms with Gasteiger partial charge >= 0.3 is 0 Å². The lowest BCUT2D eigenvalue weighted by Gasteiger charge is -2.08. The number of hydrogen-bond donors (Lipinski definition) is 2. The summed E-state index contributed by atoms with van der Waals surface area (Å²) in [6.07, 6.45) is 0. The topological polar surface area (TPSA) is 101 Å². The third kappa shape index (κ3) is 2.84. The Balaban J connectivity index is 2.22. The predicted octanol–water partition coefficient (Wildman–Crippen LogP) is 0.640. The van der Waals surface area contributed by atoms with Crippen molar-refractivity contribution in [3.63, 3.8) is 0 Å². The van der Waals surface area contributed by atoms with Gasteiger partial charge in [-0.15, -0.1) is 10.2 Å². The zero-order valence-corrected chi connectivity index (χ0v) is 11.0. The van der Waals surface area contributed by atoms with Crippen molar-refractivity contribution in [1.82, 2.24) is 25.3 Å². The summed E-state index contributed by atoms with van der Waals surface area (Å²) in [5.41, 5.74) is 0.611. The molecule has 0 spiro atoms. The average molecular weight is 288 g/mol. The number of hydrogen-bond acceptors (Lipinski definition) is 5. The fraction of sp³-hybridized carbons (Fsp3) is 0.222. The first-order valence-electron chi connectivity index (χ1n) is 4.97. The maximum absolute atomic E-state index is 12.0. The van der Waals surface area contributed by atoms with Crippen molar-refractivity contribution < 1.29 is 8.42 Å². The van der Waals surface area contributed by atoms with Crippen LogP contribution >= 0.6 is 11.6 Å². The first kappa shape index (κ1) is 12.9. The smallest absolute Gasteiger partial charge is 0.207 e. The molecule has 0 atom stereocenters. The third-order valence-electron chi connectivity index (χ3n) is 2.25. The van der Waals surface area contributed by atoms with Gasteiger partial charge < -0.3 is 0 Å². The number of aromatic nitrogens is 4. The number of aryl methyl sites for hydroxylation is 1. The van der Waals surface area contributed by atoms with E-state index in [0.29, 0.717) is 10.6 Å². The fourth-order valence-corrected chi connectivity index (χ4v) is 2.84. The van der Waals surface area contributed by atoms with Crippen LogP contribution in [0.25, 0.3) is 0 Å². The van der Waals surface area contributed by atoms with Gasteiger partial charge in [-0.05, 0) is 24.6 Å². The lowest BCUT2D eigenvalue weighted by Crippen LogP contribution is -2.24. The van der Waals surface area contributed by atoms with Crippen LogP contribution in [0.3, 0.4) is 0 Å². The number of sulfonamides is 1. The van der Waals surface area contributed by atoms with Crippen molar-refractivity contribution in [2.45, 2.75) is 18.4 Å². The quantitative estimate of drug-likeness (QED) is 0.859. The molecule has 1 heterocycles. The van der Waals surface area contributed by atoms with Gasteiger partial charge in [-0.2, -0.15) is 5.21 Å². The van der Waals surface area contributed by atoms with E-state index in [9.17, 15) is 8.42 Å². The maximum atomic E-state index is 12.0. The summed E-state index contributed by atoms with van der Waals surface area (Å²) in [5, 5.41) is 13.2. The van der Waals surface area contributed by atoms with Crippen molar-refractivity contribution in [1.29, 1.82) is 0 Å². The van der Waals surface area contributed by atoms with E-state index in [4.69, 9.17) is 11.6 Å². The van der Waals surface area contributed by atoms with Gasteiger partial charge in [0.25, 0.3) is 0 Å². The average Bonchev–Trinajstić information content (AvgIpc) is 2.83. The number of aromatic amines is 1. The largest absolute Gasteiger partial charge is 0.241 e. The van der Waals surface area contributed by atoms with E-state index >= 15 is 0 Å². The summed E-state index contributed by atoms with van der Waals surface area (Å²) in [7, 11) is -3.65. The molecule has 2 rings (SSSR count). The Kier molecular flexibility index (Phi) is 3.60. The molecule has 0 saturated carbocycles. The molecule has 0 aliphatic carbocycles. The van der Waals surface area contributed by atoms with E-state index in [2.05, 4.69) is 25.3 Å². The van der Waals surface area contributed by atoms with E-state index in [1.54, 1.807) is 19.1 Å². The molecule has 0 fully saturated rings. The zero-order valence-electron chi connectivity index (χ0n) is 9.38. The van der Waals surface area contributed by atoms with Gasteiger partial charge in [-0.3, -0.25) is 0 Å². The highest BCUT2D eigenvalue weighted by Crippen LogP contribution is 2.19. The van der Waals surface area contributed by atoms with Crippen LogP contribution in [0.5, 0.6) is 0 Å². The Labute approximate surface area is 109 Å². The first-order valence-corrected chi connectivity index (χ1v) is 6.83. The summed E-state index contributed by atoms with van der Waals surface area (Å²) in [6, 6.07) is 4.68. The van der Waals surface area contributed by atoms with Gasteiger partial charge in [0.15, 0.2) is 5.82 Å². The molecule has 9 heteroatoms. The molecule has 1 aromatic carbocycles. The zero-order chi connectivity index (χ0) is 13.2. The number of nitrogens with zero attached hydrogens (tertiary/aromatic N) is 3. The fourth-order valence-electron chi connectivity index (χ4n) is 1.36. The van der Waals surface area contributed by atoms with E-state index in [-0.39, 0.29) is 17.3 Å². The molecule has 96 valence electrons. The van der Waals surface area contributed by atoms with Crippen molar-refractivity contribution in [3.05, 3.63) is 34.6 Å². The van der Waals surface area contributed by atoms with Crippen molar-refractivity contribution in [3.8, 4) is 0 Å². The molecule has 0 radical (unpaired) electrons. The molecule has 0 bridgehead atoms. The molecule has 7 nitrogen and oxygen atoms in total. The van der Waals surface area contributed by atoms with Gasteiger partial charge in [-0.1, -0.05) is 22.9 Å². The van der Waals surface area contributed by atoms with E-state index in [1.807, 2.05) is 0 Å². The number of H-pyrrole nitrogens is 1. The summed E-state index contributed by atoms with van der Waals surface area (Å²) in [5.74, 6) is 0.262. The molecule has 18 heavy (non-hydrogen) atoms. The van der Waals surface area contributed by atoms with Gasteiger partial charge in [-0.25, -0.2) is 13.1 Å². The van der Waals surface area contributed by atoms with Crippen LogP contribution in [-0.2, 0) is 16.6 Å². The highest BCUT2D eigenvalue weighted by Gasteiger charge is 2.17. The molecule has 0 saturated heterocycles. The number of nitrogens with one attached hydrogen (secondary N) is 2. The molecular weight excluding hydrogens is 278 g/mol. The highest BCUT2D eigenvalue weighted by molar-refractivity contribution is 7.89. The Morgan fingerprint density at radius 2 is 2.22 bits per heavy atom. The Morgan fingerprint density at radius 3 is 2.89 bits per heavy atom. The van der Waals surface area contributed by atoms with Gasteiger partial charge in [0, 0.05) is 5.02 Å². The predicted molar refractivity (Wildman–Crippen MR) is 64.4 cm³/mol. The van der Waals surface area contributed by atoms with Crippen LogP contribution in [0.4, 0.5) is 0 Å². The molecule has 2 N–H and O–H groups in total. The van der Waals surface area contributed by atoms with Crippen LogP contribution in [0.15, 0.2) is 23.1 Å². The normalized spacial score (nSPS) is 11.7. The second-order valence-corrected chi connectivity index (χ2v) is 5.73. The number of rotatable bonds is 4. The third-order valence-corrected chi connectivity index (χ3v) is 4.03. The second-order valence-electron chi connectivity index (χ2n) is 3.56. The molecule has 0 aliphatic heterocycles. The van der Waals surface area contributed by atoms with E-state index in [1.165, 1.54) is 6.07 Å². The van der Waals surface area contributed by atoms with E-state index < -0.39 is 10.0 Å². The minimum Gasteiger partial charge on any atom is -0.207 e. The summed E-state index contributed by atoms with van der Waals surface area (Å²) >= 11 is 5.79. The molecule has 2 aromatic rings. The van der Waals surface area contributed by atoms with Crippen LogP contribution < -0.4 is 4.72 Å². The number of halogens is 1. The van der Waals surface area contributed by atoms with Gasteiger partial charge in [0.2, 0.25) is 10.0 Å². The summed E-state index contributed by atoms with van der Waals surface area (Å²) in [6.45, 7) is 1.66. The molecule has 1 aromatic heterocycles. The summed E-state index contributed by atoms with van der Waals surface area (Å²) in [4.78, 5) is 0.137. The highest BCUT2D eigenvalue weighted by atomic mass is 35.5. The number of tetrazole rings is 1. The minimum absolute atomic E-state index is 0.0369. The molecule has 0 amide bonds. The Hall–Kier alpha value is -1.51. The lowest BCUT2D eigenvalue weighted by atomic mass is 10.2. The standard InChI is InChI=1S/C9H10ClN5O2S/c1-6-2-3-7(10)4-8(6)18(16,17)11-5-9-12-14-15-13-9/h2-4,11H,5H2,1H3,(H,12,13,14,15). The van der Waals surface area contributed by atoms with Crippen LogP contribution in [0.2, 0.25) is 5.02 Å². The summed E-state index contributed by atoms with van der Waals surface area (Å²) < 4.78 is 26.5. The van der Waals surface area contributed by atoms with Crippen molar-refractivity contribution in [2.24, 2.45) is 0 Å². The Bertz CT molecular complexity index is 641. The Morgan fingerprint density at radius 1 is 1.44 bits per heavy atom.